The highest BCUT2D eigenvalue weighted by Gasteiger charge is 2.29. The second-order valence-electron chi connectivity index (χ2n) is 6.11. The van der Waals surface area contributed by atoms with Crippen LogP contribution in [0.15, 0.2) is 47.4 Å². The lowest BCUT2D eigenvalue weighted by Crippen LogP contribution is -2.39. The molecule has 0 aliphatic rings. The number of anilines is 1. The van der Waals surface area contributed by atoms with Crippen LogP contribution in [0.4, 0.5) is 23.7 Å². The number of aryl methyl sites for hydroxylation is 2. The number of thioether (sulfide) groups is 1. The van der Waals surface area contributed by atoms with E-state index in [0.29, 0.717) is 0 Å². The molecule has 4 nitrogen and oxygen atoms in total. The first-order valence-corrected chi connectivity index (χ1v) is 9.08. The van der Waals surface area contributed by atoms with Gasteiger partial charge in [0.25, 0.3) is 0 Å². The summed E-state index contributed by atoms with van der Waals surface area (Å²) in [6.07, 6.45) is 0. The van der Waals surface area contributed by atoms with Crippen LogP contribution >= 0.6 is 11.8 Å². The van der Waals surface area contributed by atoms with E-state index >= 15 is 0 Å². The molecule has 1 unspecified atom stereocenters. The molecule has 0 spiro atoms. The van der Waals surface area contributed by atoms with Gasteiger partial charge in [0.2, 0.25) is 0 Å². The molecular weight excluding hydrogens is 377 g/mol. The third-order valence-corrected chi connectivity index (χ3v) is 4.31. The van der Waals surface area contributed by atoms with Gasteiger partial charge in [-0.1, -0.05) is 24.3 Å². The van der Waals surface area contributed by atoms with Gasteiger partial charge in [0.15, 0.2) is 0 Å². The van der Waals surface area contributed by atoms with Crippen molar-refractivity contribution in [3.05, 3.63) is 53.6 Å². The van der Waals surface area contributed by atoms with Crippen molar-refractivity contribution >= 4 is 23.5 Å². The Bertz CT molecular complexity index is 777. The van der Waals surface area contributed by atoms with Gasteiger partial charge in [-0.15, -0.1) is 0 Å². The molecule has 0 fully saturated rings. The lowest BCUT2D eigenvalue weighted by Gasteiger charge is -2.18. The molecule has 0 saturated heterocycles. The minimum Gasteiger partial charge on any atom is -0.491 e. The van der Waals surface area contributed by atoms with Crippen molar-refractivity contribution in [2.45, 2.75) is 37.2 Å². The molecular formula is C19H21F3N2O2S. The van der Waals surface area contributed by atoms with Gasteiger partial charge in [0, 0.05) is 10.6 Å². The van der Waals surface area contributed by atoms with E-state index in [1.165, 1.54) is 24.3 Å². The first kappa shape index (κ1) is 21.0. The quantitative estimate of drug-likeness (QED) is 0.632. The molecule has 0 aromatic heterocycles. The van der Waals surface area contributed by atoms with Crippen LogP contribution in [-0.4, -0.2) is 24.2 Å². The molecule has 2 N–H and O–H groups in total. The zero-order chi connectivity index (χ0) is 20.0. The highest BCUT2D eigenvalue weighted by molar-refractivity contribution is 8.00. The molecule has 2 aromatic rings. The van der Waals surface area contributed by atoms with Crippen molar-refractivity contribution < 1.29 is 22.7 Å². The average Bonchev–Trinajstić information content (AvgIpc) is 2.52. The van der Waals surface area contributed by atoms with Gasteiger partial charge in [-0.05, 0) is 61.9 Å². The summed E-state index contributed by atoms with van der Waals surface area (Å²) >= 11 is -0.227. The van der Waals surface area contributed by atoms with Crippen LogP contribution in [-0.2, 0) is 0 Å². The third-order valence-electron chi connectivity index (χ3n) is 3.59. The van der Waals surface area contributed by atoms with E-state index in [-0.39, 0.29) is 35.0 Å². The molecule has 0 heterocycles. The normalized spacial score (nSPS) is 12.4. The fourth-order valence-electron chi connectivity index (χ4n) is 2.44. The van der Waals surface area contributed by atoms with Crippen molar-refractivity contribution in [2.75, 3.05) is 11.9 Å². The molecule has 0 saturated carbocycles. The summed E-state index contributed by atoms with van der Waals surface area (Å²) in [6, 6.07) is 10.6. The average molecular weight is 398 g/mol. The number of carbonyl (C=O) groups excluding carboxylic acids is 1. The number of rotatable bonds is 6. The van der Waals surface area contributed by atoms with Gasteiger partial charge in [0.05, 0.1) is 6.04 Å². The van der Waals surface area contributed by atoms with Crippen molar-refractivity contribution in [1.29, 1.82) is 0 Å². The summed E-state index contributed by atoms with van der Waals surface area (Å²) in [6.45, 7) is 5.93. The number of alkyl halides is 3. The fourth-order valence-corrected chi connectivity index (χ4v) is 3.04. The Labute approximate surface area is 160 Å². The number of ether oxygens (including phenoxy) is 1. The molecule has 8 heteroatoms. The summed E-state index contributed by atoms with van der Waals surface area (Å²) < 4.78 is 43.1. The molecule has 0 aliphatic heterocycles. The molecule has 2 aromatic carbocycles. The SMILES string of the molecule is Cc1cccc(C)c1OCC(C)NC(=O)Nc1cccc(SC(F)(F)F)c1. The van der Waals surface area contributed by atoms with Crippen LogP contribution in [0.3, 0.4) is 0 Å². The molecule has 1 atom stereocenters. The number of hydrogen-bond donors (Lipinski definition) is 2. The summed E-state index contributed by atoms with van der Waals surface area (Å²) in [4.78, 5) is 12.1. The Morgan fingerprint density at radius 3 is 2.41 bits per heavy atom. The Kier molecular flexibility index (Phi) is 7.01. The highest BCUT2D eigenvalue weighted by atomic mass is 32.2. The van der Waals surface area contributed by atoms with Gasteiger partial charge < -0.3 is 15.4 Å². The minimum atomic E-state index is -4.37. The maximum absolute atomic E-state index is 12.4. The van der Waals surface area contributed by atoms with Crippen LogP contribution in [0.5, 0.6) is 5.75 Å². The van der Waals surface area contributed by atoms with Crippen LogP contribution < -0.4 is 15.4 Å². The number of benzene rings is 2. The molecule has 0 bridgehead atoms. The van der Waals surface area contributed by atoms with Crippen LogP contribution in [0.2, 0.25) is 0 Å². The Morgan fingerprint density at radius 1 is 1.15 bits per heavy atom. The Hall–Kier alpha value is -2.35. The smallest absolute Gasteiger partial charge is 0.446 e. The van der Waals surface area contributed by atoms with E-state index in [0.717, 1.165) is 16.9 Å². The van der Waals surface area contributed by atoms with Gasteiger partial charge in [-0.3, -0.25) is 0 Å². The largest absolute Gasteiger partial charge is 0.491 e. The van der Waals surface area contributed by atoms with E-state index < -0.39 is 11.5 Å². The number of nitrogens with one attached hydrogen (secondary N) is 2. The van der Waals surface area contributed by atoms with Gasteiger partial charge in [-0.2, -0.15) is 13.2 Å². The zero-order valence-corrected chi connectivity index (χ0v) is 16.0. The zero-order valence-electron chi connectivity index (χ0n) is 15.2. The molecule has 2 amide bonds. The molecule has 0 radical (unpaired) electrons. The van der Waals surface area contributed by atoms with Crippen LogP contribution in [0, 0.1) is 13.8 Å². The van der Waals surface area contributed by atoms with Crippen LogP contribution in [0.25, 0.3) is 0 Å². The number of halogens is 3. The fraction of sp³-hybridized carbons (Fsp3) is 0.316. The first-order chi connectivity index (χ1) is 12.6. The third kappa shape index (κ3) is 7.05. The maximum Gasteiger partial charge on any atom is 0.446 e. The van der Waals surface area contributed by atoms with Crippen molar-refractivity contribution in [1.82, 2.24) is 5.32 Å². The summed E-state index contributed by atoms with van der Waals surface area (Å²) in [7, 11) is 0. The number of urea groups is 1. The Morgan fingerprint density at radius 2 is 1.78 bits per heavy atom. The van der Waals surface area contributed by atoms with E-state index in [1.807, 2.05) is 32.0 Å². The topological polar surface area (TPSA) is 50.4 Å². The van der Waals surface area contributed by atoms with Crippen molar-refractivity contribution in [2.24, 2.45) is 0 Å². The van der Waals surface area contributed by atoms with E-state index in [1.54, 1.807) is 6.92 Å². The Balaban J connectivity index is 1.87. The second-order valence-corrected chi connectivity index (χ2v) is 7.25. The van der Waals surface area contributed by atoms with Crippen molar-refractivity contribution in [3.8, 4) is 5.75 Å². The predicted octanol–water partition coefficient (Wildman–Crippen LogP) is 5.50. The highest BCUT2D eigenvalue weighted by Crippen LogP contribution is 2.37. The van der Waals surface area contributed by atoms with Gasteiger partial charge in [0.1, 0.15) is 12.4 Å². The monoisotopic (exact) mass is 398 g/mol. The van der Waals surface area contributed by atoms with E-state index in [4.69, 9.17) is 4.74 Å². The first-order valence-electron chi connectivity index (χ1n) is 8.26. The minimum absolute atomic E-state index is 0.00621. The second kappa shape index (κ2) is 9.03. The predicted molar refractivity (Wildman–Crippen MR) is 101 cm³/mol. The van der Waals surface area contributed by atoms with Crippen LogP contribution in [0.1, 0.15) is 18.1 Å². The summed E-state index contributed by atoms with van der Waals surface area (Å²) in [5.41, 5.74) is -2.08. The maximum atomic E-state index is 12.4. The van der Waals surface area contributed by atoms with Gasteiger partial charge >= 0.3 is 11.5 Å². The lowest BCUT2D eigenvalue weighted by molar-refractivity contribution is -0.0328. The number of carbonyl (C=O) groups is 1. The summed E-state index contributed by atoms with van der Waals surface area (Å²) in [5.74, 6) is 0.781. The van der Waals surface area contributed by atoms with E-state index in [2.05, 4.69) is 10.6 Å². The molecule has 27 heavy (non-hydrogen) atoms. The summed E-state index contributed by atoms with van der Waals surface area (Å²) in [5, 5.41) is 5.23. The lowest BCUT2D eigenvalue weighted by atomic mass is 10.1. The molecule has 0 aliphatic carbocycles. The standard InChI is InChI=1S/C19H21F3N2O2S/c1-12-6-4-7-13(2)17(12)26-11-14(3)23-18(25)24-15-8-5-9-16(10-15)27-19(20,21)22/h4-10,14H,11H2,1-3H3,(H2,23,24,25). The molecule has 146 valence electrons. The number of hydrogen-bond acceptors (Lipinski definition) is 3. The number of para-hydroxylation sites is 1. The van der Waals surface area contributed by atoms with Crippen molar-refractivity contribution in [3.63, 3.8) is 0 Å². The molecule has 2 rings (SSSR count). The van der Waals surface area contributed by atoms with E-state index in [9.17, 15) is 18.0 Å². The van der Waals surface area contributed by atoms with Gasteiger partial charge in [-0.25, -0.2) is 4.79 Å². The number of amides is 2.